The maximum atomic E-state index is 13.4. The minimum absolute atomic E-state index is 0.147. The fourth-order valence-corrected chi connectivity index (χ4v) is 3.24. The zero-order chi connectivity index (χ0) is 13.8. The van der Waals surface area contributed by atoms with Crippen molar-refractivity contribution < 1.29 is 4.39 Å². The Bertz CT molecular complexity index is 399. The Morgan fingerprint density at radius 2 is 2.00 bits per heavy atom. The number of benzene rings is 1. The van der Waals surface area contributed by atoms with Crippen molar-refractivity contribution >= 4 is 0 Å². The Hall–Kier alpha value is -0.930. The molecular formula is C16H25FN2. The summed E-state index contributed by atoms with van der Waals surface area (Å²) in [5, 5.41) is 0. The number of nitrogens with two attached hydrogens (primary N) is 1. The van der Waals surface area contributed by atoms with Gasteiger partial charge < -0.3 is 5.73 Å². The second-order valence-electron chi connectivity index (χ2n) is 5.63. The van der Waals surface area contributed by atoms with Gasteiger partial charge in [0.25, 0.3) is 0 Å². The molecular weight excluding hydrogens is 239 g/mol. The van der Waals surface area contributed by atoms with Crippen LogP contribution in [0.4, 0.5) is 4.39 Å². The number of halogens is 1. The third-order valence-corrected chi connectivity index (χ3v) is 4.40. The fraction of sp³-hybridized carbons (Fsp3) is 0.625. The average Bonchev–Trinajstić information content (AvgIpc) is 2.41. The van der Waals surface area contributed by atoms with Gasteiger partial charge in [0.1, 0.15) is 5.82 Å². The van der Waals surface area contributed by atoms with Gasteiger partial charge in [-0.05, 0) is 56.8 Å². The smallest absolute Gasteiger partial charge is 0.123 e. The summed E-state index contributed by atoms with van der Waals surface area (Å²) < 4.78 is 13.4. The predicted molar refractivity (Wildman–Crippen MR) is 77.4 cm³/mol. The van der Waals surface area contributed by atoms with E-state index in [1.807, 2.05) is 6.07 Å². The summed E-state index contributed by atoms with van der Waals surface area (Å²) in [6, 6.07) is 8.20. The number of nitrogens with zero attached hydrogens (tertiary/aromatic N) is 1. The highest BCUT2D eigenvalue weighted by atomic mass is 19.1. The summed E-state index contributed by atoms with van der Waals surface area (Å²) >= 11 is 0. The van der Waals surface area contributed by atoms with E-state index >= 15 is 0 Å². The molecule has 0 spiro atoms. The van der Waals surface area contributed by atoms with Crippen molar-refractivity contribution in [3.63, 3.8) is 0 Å². The van der Waals surface area contributed by atoms with Crippen molar-refractivity contribution in [2.45, 2.75) is 57.7 Å². The van der Waals surface area contributed by atoms with Gasteiger partial charge in [0, 0.05) is 18.1 Å². The van der Waals surface area contributed by atoms with Gasteiger partial charge in [-0.15, -0.1) is 0 Å². The summed E-state index contributed by atoms with van der Waals surface area (Å²) in [6.07, 6.45) is 4.54. The van der Waals surface area contributed by atoms with Crippen LogP contribution in [0.2, 0.25) is 0 Å². The second kappa shape index (κ2) is 6.49. The SMILES string of the molecule is CCN(C1CCC(N)CC1)C(C)c1cccc(F)c1. The lowest BCUT2D eigenvalue weighted by Crippen LogP contribution is -2.42. The first kappa shape index (κ1) is 14.5. The summed E-state index contributed by atoms with van der Waals surface area (Å²) in [5.74, 6) is -0.147. The third-order valence-electron chi connectivity index (χ3n) is 4.40. The van der Waals surface area contributed by atoms with Gasteiger partial charge in [-0.3, -0.25) is 4.90 Å². The molecule has 2 nitrogen and oxygen atoms in total. The Labute approximate surface area is 115 Å². The molecule has 1 saturated carbocycles. The van der Waals surface area contributed by atoms with E-state index in [-0.39, 0.29) is 11.9 Å². The Morgan fingerprint density at radius 3 is 2.58 bits per heavy atom. The van der Waals surface area contributed by atoms with E-state index in [0.29, 0.717) is 12.1 Å². The molecule has 1 atom stereocenters. The maximum Gasteiger partial charge on any atom is 0.123 e. The van der Waals surface area contributed by atoms with Crippen LogP contribution in [0.1, 0.15) is 51.1 Å². The topological polar surface area (TPSA) is 29.3 Å². The maximum absolute atomic E-state index is 13.4. The van der Waals surface area contributed by atoms with Crippen molar-refractivity contribution in [2.24, 2.45) is 5.73 Å². The molecule has 0 bridgehead atoms. The highest BCUT2D eigenvalue weighted by Crippen LogP contribution is 2.29. The lowest BCUT2D eigenvalue weighted by molar-refractivity contribution is 0.114. The zero-order valence-electron chi connectivity index (χ0n) is 12.0. The van der Waals surface area contributed by atoms with E-state index in [1.54, 1.807) is 12.1 Å². The Kier molecular flexibility index (Phi) is 4.94. The fourth-order valence-electron chi connectivity index (χ4n) is 3.24. The van der Waals surface area contributed by atoms with Crippen LogP contribution in [-0.4, -0.2) is 23.5 Å². The van der Waals surface area contributed by atoms with Crippen LogP contribution in [-0.2, 0) is 0 Å². The molecule has 1 aromatic rings. The monoisotopic (exact) mass is 264 g/mol. The van der Waals surface area contributed by atoms with Crippen molar-refractivity contribution in [3.8, 4) is 0 Å². The van der Waals surface area contributed by atoms with E-state index in [2.05, 4.69) is 18.7 Å². The lowest BCUT2D eigenvalue weighted by atomic mass is 9.89. The minimum atomic E-state index is -0.147. The lowest BCUT2D eigenvalue weighted by Gasteiger charge is -2.39. The molecule has 0 aromatic heterocycles. The van der Waals surface area contributed by atoms with Crippen molar-refractivity contribution in [2.75, 3.05) is 6.54 Å². The van der Waals surface area contributed by atoms with Crippen molar-refractivity contribution in [3.05, 3.63) is 35.6 Å². The van der Waals surface area contributed by atoms with Crippen molar-refractivity contribution in [1.82, 2.24) is 4.90 Å². The van der Waals surface area contributed by atoms with Gasteiger partial charge in [-0.25, -0.2) is 4.39 Å². The molecule has 19 heavy (non-hydrogen) atoms. The van der Waals surface area contributed by atoms with E-state index < -0.39 is 0 Å². The first-order chi connectivity index (χ1) is 9.11. The standard InChI is InChI=1S/C16H25FN2/c1-3-19(16-9-7-15(18)8-10-16)12(2)13-5-4-6-14(17)11-13/h4-6,11-12,15-16H,3,7-10,18H2,1-2H3. The van der Waals surface area contributed by atoms with Crippen LogP contribution >= 0.6 is 0 Å². The molecule has 106 valence electrons. The quantitative estimate of drug-likeness (QED) is 0.902. The summed E-state index contributed by atoms with van der Waals surface area (Å²) in [5.41, 5.74) is 7.04. The predicted octanol–water partition coefficient (Wildman–Crippen LogP) is 3.48. The van der Waals surface area contributed by atoms with Crippen LogP contribution in [0.25, 0.3) is 0 Å². The van der Waals surface area contributed by atoms with Crippen LogP contribution in [0.15, 0.2) is 24.3 Å². The van der Waals surface area contributed by atoms with E-state index in [9.17, 15) is 4.39 Å². The van der Waals surface area contributed by atoms with Gasteiger partial charge >= 0.3 is 0 Å². The summed E-state index contributed by atoms with van der Waals surface area (Å²) in [6.45, 7) is 5.36. The minimum Gasteiger partial charge on any atom is -0.328 e. The van der Waals surface area contributed by atoms with Crippen LogP contribution in [0, 0.1) is 5.82 Å². The molecule has 1 unspecified atom stereocenters. The molecule has 3 heteroatoms. The Balaban J connectivity index is 2.08. The molecule has 1 aliphatic carbocycles. The molecule has 0 heterocycles. The largest absolute Gasteiger partial charge is 0.328 e. The number of rotatable bonds is 4. The van der Waals surface area contributed by atoms with E-state index in [4.69, 9.17) is 5.73 Å². The van der Waals surface area contributed by atoms with E-state index in [0.717, 1.165) is 37.8 Å². The molecule has 1 aromatic carbocycles. The third kappa shape index (κ3) is 3.54. The summed E-state index contributed by atoms with van der Waals surface area (Å²) in [7, 11) is 0. The molecule has 2 N–H and O–H groups in total. The molecule has 2 rings (SSSR count). The van der Waals surface area contributed by atoms with E-state index in [1.165, 1.54) is 6.07 Å². The number of hydrogen-bond acceptors (Lipinski definition) is 2. The molecule has 1 fully saturated rings. The molecule has 0 aliphatic heterocycles. The first-order valence-corrected chi connectivity index (χ1v) is 7.38. The zero-order valence-corrected chi connectivity index (χ0v) is 12.0. The highest BCUT2D eigenvalue weighted by Gasteiger charge is 2.27. The molecule has 0 amide bonds. The van der Waals surface area contributed by atoms with Gasteiger partial charge in [0.05, 0.1) is 0 Å². The van der Waals surface area contributed by atoms with Gasteiger partial charge in [-0.2, -0.15) is 0 Å². The molecule has 0 saturated heterocycles. The van der Waals surface area contributed by atoms with Gasteiger partial charge in [0.2, 0.25) is 0 Å². The summed E-state index contributed by atoms with van der Waals surface area (Å²) in [4.78, 5) is 2.49. The van der Waals surface area contributed by atoms with Crippen molar-refractivity contribution in [1.29, 1.82) is 0 Å². The first-order valence-electron chi connectivity index (χ1n) is 7.38. The Morgan fingerprint density at radius 1 is 1.32 bits per heavy atom. The normalized spacial score (nSPS) is 25.5. The molecule has 1 aliphatic rings. The molecule has 0 radical (unpaired) electrons. The van der Waals surface area contributed by atoms with Crippen LogP contribution in [0.5, 0.6) is 0 Å². The van der Waals surface area contributed by atoms with Gasteiger partial charge in [-0.1, -0.05) is 19.1 Å². The second-order valence-corrected chi connectivity index (χ2v) is 5.63. The van der Waals surface area contributed by atoms with Gasteiger partial charge in [0.15, 0.2) is 0 Å². The highest BCUT2D eigenvalue weighted by molar-refractivity contribution is 5.20. The average molecular weight is 264 g/mol. The van der Waals surface area contributed by atoms with Crippen LogP contribution < -0.4 is 5.73 Å². The van der Waals surface area contributed by atoms with Crippen LogP contribution in [0.3, 0.4) is 0 Å². The number of hydrogen-bond donors (Lipinski definition) is 1.